The van der Waals surface area contributed by atoms with Crippen LogP contribution in [0.25, 0.3) is 0 Å². The van der Waals surface area contributed by atoms with E-state index < -0.39 is 0 Å². The Morgan fingerprint density at radius 1 is 1.15 bits per heavy atom. The second-order valence-corrected chi connectivity index (χ2v) is 6.89. The van der Waals surface area contributed by atoms with Gasteiger partial charge in [0.2, 0.25) is 0 Å². The van der Waals surface area contributed by atoms with E-state index >= 15 is 0 Å². The zero-order valence-electron chi connectivity index (χ0n) is 7.85. The Hall–Kier alpha value is 1.75. The Kier molecular flexibility index (Phi) is 11.7. The van der Waals surface area contributed by atoms with Crippen molar-refractivity contribution in [3.05, 3.63) is 0 Å². The van der Waals surface area contributed by atoms with Gasteiger partial charge in [0.05, 0.1) is 4.58 Å². The first kappa shape index (κ1) is 14.8. The van der Waals surface area contributed by atoms with Gasteiger partial charge in [-0.1, -0.05) is 6.92 Å². The molecular weight excluding hydrogens is 256 g/mol. The van der Waals surface area contributed by atoms with Crippen molar-refractivity contribution in [3.8, 4) is 0 Å². The molecule has 0 aromatic rings. The van der Waals surface area contributed by atoms with Crippen LogP contribution in [-0.2, 0) is 0 Å². The van der Waals surface area contributed by atoms with Crippen LogP contribution in [0.4, 0.5) is 0 Å². The molecule has 0 fully saturated rings. The zero-order valence-corrected chi connectivity index (χ0v) is 12.2. The van der Waals surface area contributed by atoms with Crippen molar-refractivity contribution >= 4 is 61.4 Å². The highest BCUT2D eigenvalue weighted by molar-refractivity contribution is 8.12. The predicted octanol–water partition coefficient (Wildman–Crippen LogP) is 3.35. The van der Waals surface area contributed by atoms with Gasteiger partial charge in [0, 0.05) is 16.8 Å². The van der Waals surface area contributed by atoms with Crippen LogP contribution in [0.1, 0.15) is 13.3 Å². The van der Waals surface area contributed by atoms with Crippen LogP contribution >= 0.6 is 61.4 Å². The first-order chi connectivity index (χ1) is 6.26. The summed E-state index contributed by atoms with van der Waals surface area (Å²) in [6.07, 6.45) is 1.22. The van der Waals surface area contributed by atoms with Crippen molar-refractivity contribution in [1.29, 1.82) is 0 Å². The fraction of sp³-hybridized carbons (Fsp3) is 1.00. The minimum Gasteiger partial charge on any atom is -0.179 e. The standard InChI is InChI=1S/C8H18S5/c1-2-4-13-8(11)7(6-10)12-5-3-9/h7-11H,2-6H2,1H3. The van der Waals surface area contributed by atoms with E-state index in [1.54, 1.807) is 0 Å². The average molecular weight is 275 g/mol. The minimum atomic E-state index is 0.419. The smallest absolute Gasteiger partial charge is 0.0598 e. The second kappa shape index (κ2) is 10.3. The van der Waals surface area contributed by atoms with Gasteiger partial charge in [0.15, 0.2) is 0 Å². The third-order valence-electron chi connectivity index (χ3n) is 1.41. The van der Waals surface area contributed by atoms with E-state index in [0.29, 0.717) is 9.83 Å². The van der Waals surface area contributed by atoms with Crippen LogP contribution < -0.4 is 0 Å². The van der Waals surface area contributed by atoms with E-state index in [2.05, 4.69) is 44.8 Å². The van der Waals surface area contributed by atoms with Gasteiger partial charge in [-0.05, 0) is 17.9 Å². The molecule has 0 rings (SSSR count). The van der Waals surface area contributed by atoms with Gasteiger partial charge in [0.1, 0.15) is 0 Å². The molecule has 0 saturated carbocycles. The van der Waals surface area contributed by atoms with Gasteiger partial charge in [-0.25, -0.2) is 0 Å². The molecule has 0 radical (unpaired) electrons. The summed E-state index contributed by atoms with van der Waals surface area (Å²) >= 11 is 17.0. The van der Waals surface area contributed by atoms with Crippen molar-refractivity contribution in [1.82, 2.24) is 0 Å². The number of hydrogen-bond acceptors (Lipinski definition) is 5. The molecule has 0 nitrogen and oxygen atoms in total. The normalized spacial score (nSPS) is 15.7. The lowest BCUT2D eigenvalue weighted by Crippen LogP contribution is -2.17. The molecule has 0 saturated heterocycles. The lowest BCUT2D eigenvalue weighted by atomic mass is 10.5. The summed E-state index contributed by atoms with van der Waals surface area (Å²) in [4.78, 5) is 0. The zero-order chi connectivity index (χ0) is 10.1. The molecule has 0 N–H and O–H groups in total. The summed E-state index contributed by atoms with van der Waals surface area (Å²) in [5, 5.41) is 0.551. The van der Waals surface area contributed by atoms with Crippen LogP contribution in [0, 0.1) is 0 Å². The molecule has 0 aromatic heterocycles. The Labute approximate surface area is 107 Å². The predicted molar refractivity (Wildman–Crippen MR) is 79.5 cm³/mol. The summed E-state index contributed by atoms with van der Waals surface area (Å²) in [6.45, 7) is 2.20. The number of rotatable bonds is 8. The lowest BCUT2D eigenvalue weighted by molar-refractivity contribution is 1.07. The maximum Gasteiger partial charge on any atom is 0.0598 e. The molecule has 0 bridgehead atoms. The third-order valence-corrected chi connectivity index (χ3v) is 6.38. The second-order valence-electron chi connectivity index (χ2n) is 2.58. The summed E-state index contributed by atoms with van der Waals surface area (Å²) in [6, 6.07) is 0. The molecule has 0 heterocycles. The average Bonchev–Trinajstić information content (AvgIpc) is 2.16. The number of hydrogen-bond donors (Lipinski definition) is 3. The summed E-state index contributed by atoms with van der Waals surface area (Å²) in [7, 11) is 0. The first-order valence-corrected chi connectivity index (χ1v) is 8.27. The van der Waals surface area contributed by atoms with E-state index in [1.807, 2.05) is 23.5 Å². The summed E-state index contributed by atoms with van der Waals surface area (Å²) in [5.74, 6) is 4.13. The minimum absolute atomic E-state index is 0.419. The highest BCUT2D eigenvalue weighted by Gasteiger charge is 2.16. The maximum atomic E-state index is 4.58. The Balaban J connectivity index is 3.63. The van der Waals surface area contributed by atoms with Gasteiger partial charge >= 0.3 is 0 Å². The van der Waals surface area contributed by atoms with E-state index in [0.717, 1.165) is 17.3 Å². The fourth-order valence-electron chi connectivity index (χ4n) is 0.775. The van der Waals surface area contributed by atoms with Crippen molar-refractivity contribution in [2.24, 2.45) is 0 Å². The SMILES string of the molecule is CCCSC(S)C(CS)SCCS. The molecule has 0 aliphatic carbocycles. The Bertz CT molecular complexity index is 109. The topological polar surface area (TPSA) is 0 Å². The number of thiol groups is 3. The summed E-state index contributed by atoms with van der Waals surface area (Å²) in [5.41, 5.74) is 0. The van der Waals surface area contributed by atoms with Gasteiger partial charge in [-0.2, -0.15) is 49.6 Å². The highest BCUT2D eigenvalue weighted by Crippen LogP contribution is 2.28. The number of thioether (sulfide) groups is 2. The molecule has 5 heteroatoms. The fourth-order valence-corrected chi connectivity index (χ4v) is 4.54. The van der Waals surface area contributed by atoms with Crippen LogP contribution in [-0.4, -0.2) is 32.8 Å². The monoisotopic (exact) mass is 274 g/mol. The molecule has 80 valence electrons. The Morgan fingerprint density at radius 3 is 2.31 bits per heavy atom. The van der Waals surface area contributed by atoms with Crippen LogP contribution in [0.15, 0.2) is 0 Å². The van der Waals surface area contributed by atoms with Crippen LogP contribution in [0.2, 0.25) is 0 Å². The van der Waals surface area contributed by atoms with Gasteiger partial charge in [0.25, 0.3) is 0 Å². The molecule has 0 amide bonds. The molecule has 2 atom stereocenters. The van der Waals surface area contributed by atoms with Crippen molar-refractivity contribution in [2.75, 3.05) is 23.0 Å². The third kappa shape index (κ3) is 7.65. The van der Waals surface area contributed by atoms with Gasteiger partial charge < -0.3 is 0 Å². The molecule has 0 aliphatic rings. The molecule has 0 aromatic carbocycles. The molecule has 0 aliphatic heterocycles. The van der Waals surface area contributed by atoms with E-state index in [4.69, 9.17) is 0 Å². The Morgan fingerprint density at radius 2 is 1.85 bits per heavy atom. The van der Waals surface area contributed by atoms with Crippen LogP contribution in [0.5, 0.6) is 0 Å². The first-order valence-electron chi connectivity index (χ1n) is 4.39. The highest BCUT2D eigenvalue weighted by atomic mass is 32.2. The lowest BCUT2D eigenvalue weighted by Gasteiger charge is -2.20. The molecule has 2 unspecified atom stereocenters. The van der Waals surface area contributed by atoms with E-state index in [1.165, 1.54) is 12.2 Å². The van der Waals surface area contributed by atoms with E-state index in [9.17, 15) is 0 Å². The van der Waals surface area contributed by atoms with Crippen molar-refractivity contribution < 1.29 is 0 Å². The van der Waals surface area contributed by atoms with Crippen molar-refractivity contribution in [2.45, 2.75) is 23.2 Å². The van der Waals surface area contributed by atoms with Crippen molar-refractivity contribution in [3.63, 3.8) is 0 Å². The summed E-state index contributed by atoms with van der Waals surface area (Å²) < 4.78 is 0.419. The quantitative estimate of drug-likeness (QED) is 0.459. The maximum absolute atomic E-state index is 4.58. The van der Waals surface area contributed by atoms with Gasteiger partial charge in [-0.15, -0.1) is 11.8 Å². The van der Waals surface area contributed by atoms with Gasteiger partial charge in [-0.3, -0.25) is 0 Å². The molecular formula is C8H18S5. The molecule has 13 heavy (non-hydrogen) atoms. The molecule has 0 spiro atoms. The van der Waals surface area contributed by atoms with E-state index in [-0.39, 0.29) is 0 Å². The van der Waals surface area contributed by atoms with Crippen LogP contribution in [0.3, 0.4) is 0 Å². The largest absolute Gasteiger partial charge is 0.179 e.